The van der Waals surface area contributed by atoms with E-state index in [9.17, 15) is 4.79 Å². The molecule has 0 spiro atoms. The van der Waals surface area contributed by atoms with Gasteiger partial charge in [0, 0.05) is 15.9 Å². The van der Waals surface area contributed by atoms with Crippen LogP contribution >= 0.6 is 27.5 Å². The van der Waals surface area contributed by atoms with Gasteiger partial charge >= 0.3 is 0 Å². The summed E-state index contributed by atoms with van der Waals surface area (Å²) in [7, 11) is 0. The van der Waals surface area contributed by atoms with Crippen LogP contribution in [-0.4, -0.2) is 16.8 Å². The number of amides is 1. The van der Waals surface area contributed by atoms with Crippen molar-refractivity contribution in [1.29, 1.82) is 0 Å². The fourth-order valence-electron chi connectivity index (χ4n) is 2.62. The maximum atomic E-state index is 12.4. The highest BCUT2D eigenvalue weighted by Crippen LogP contribution is 2.30. The van der Waals surface area contributed by atoms with Crippen molar-refractivity contribution in [2.75, 3.05) is 5.33 Å². The number of hydrogen-bond acceptors (Lipinski definition) is 1. The van der Waals surface area contributed by atoms with Crippen molar-refractivity contribution in [3.05, 3.63) is 34.3 Å². The number of carbonyl (C=O) groups excluding carboxylic acids is 1. The van der Waals surface area contributed by atoms with Crippen LogP contribution in [0.25, 0.3) is 0 Å². The molecular formula is C15H19BrClNO. The van der Waals surface area contributed by atoms with Gasteiger partial charge in [0.2, 0.25) is 0 Å². The van der Waals surface area contributed by atoms with Gasteiger partial charge in [0.1, 0.15) is 0 Å². The van der Waals surface area contributed by atoms with E-state index in [4.69, 9.17) is 11.6 Å². The molecule has 0 radical (unpaired) electrons. The van der Waals surface area contributed by atoms with Gasteiger partial charge in [0.05, 0.1) is 5.54 Å². The van der Waals surface area contributed by atoms with Crippen molar-refractivity contribution >= 4 is 33.4 Å². The standard InChI is InChI=1S/C15H19BrClNO/c1-11-9-12(5-6-13(11)17)14(19)18-15(10-16)7-3-2-4-8-15/h5-6,9H,2-4,7-8,10H2,1H3,(H,18,19). The maximum Gasteiger partial charge on any atom is 0.251 e. The fraction of sp³-hybridized carbons (Fsp3) is 0.533. The molecule has 1 aliphatic rings. The molecule has 0 bridgehead atoms. The number of halogens is 2. The number of benzene rings is 1. The van der Waals surface area contributed by atoms with Crippen LogP contribution in [0, 0.1) is 6.92 Å². The van der Waals surface area contributed by atoms with E-state index in [0.717, 1.165) is 23.7 Å². The number of aryl methyl sites for hydroxylation is 1. The number of alkyl halides is 1. The Bertz CT molecular complexity index is 469. The highest BCUT2D eigenvalue weighted by Gasteiger charge is 2.32. The Balaban J connectivity index is 2.12. The van der Waals surface area contributed by atoms with Crippen LogP contribution in [-0.2, 0) is 0 Å². The van der Waals surface area contributed by atoms with E-state index in [2.05, 4.69) is 21.2 Å². The Hall–Kier alpha value is -0.540. The van der Waals surface area contributed by atoms with E-state index in [1.54, 1.807) is 12.1 Å². The molecule has 104 valence electrons. The van der Waals surface area contributed by atoms with Gasteiger partial charge in [-0.25, -0.2) is 0 Å². The van der Waals surface area contributed by atoms with Crippen molar-refractivity contribution in [2.45, 2.75) is 44.6 Å². The summed E-state index contributed by atoms with van der Waals surface area (Å²) >= 11 is 9.55. The third-order valence-electron chi connectivity index (χ3n) is 3.87. The third kappa shape index (κ3) is 3.51. The highest BCUT2D eigenvalue weighted by atomic mass is 79.9. The van der Waals surface area contributed by atoms with E-state index >= 15 is 0 Å². The molecule has 1 fully saturated rings. The third-order valence-corrected chi connectivity index (χ3v) is 5.36. The van der Waals surface area contributed by atoms with Crippen molar-refractivity contribution in [3.63, 3.8) is 0 Å². The molecule has 0 atom stereocenters. The Morgan fingerprint density at radius 3 is 2.63 bits per heavy atom. The van der Waals surface area contributed by atoms with Crippen LogP contribution in [0.5, 0.6) is 0 Å². The average Bonchev–Trinajstić information content (AvgIpc) is 2.43. The molecule has 2 rings (SSSR count). The van der Waals surface area contributed by atoms with E-state index < -0.39 is 0 Å². The lowest BCUT2D eigenvalue weighted by Crippen LogP contribution is -2.51. The highest BCUT2D eigenvalue weighted by molar-refractivity contribution is 9.09. The monoisotopic (exact) mass is 343 g/mol. The lowest BCUT2D eigenvalue weighted by atomic mass is 9.83. The first kappa shape index (κ1) is 14.9. The minimum absolute atomic E-state index is 0.00103. The normalized spacial score (nSPS) is 18.1. The molecule has 1 aliphatic carbocycles. The summed E-state index contributed by atoms with van der Waals surface area (Å²) in [6.45, 7) is 1.92. The van der Waals surface area contributed by atoms with E-state index in [1.165, 1.54) is 19.3 Å². The predicted molar refractivity (Wildman–Crippen MR) is 83.3 cm³/mol. The Morgan fingerprint density at radius 1 is 1.37 bits per heavy atom. The molecule has 1 N–H and O–H groups in total. The quantitative estimate of drug-likeness (QED) is 0.805. The first-order valence-electron chi connectivity index (χ1n) is 6.71. The van der Waals surface area contributed by atoms with Crippen molar-refractivity contribution < 1.29 is 4.79 Å². The summed E-state index contributed by atoms with van der Waals surface area (Å²) in [5.41, 5.74) is 1.54. The number of hydrogen-bond donors (Lipinski definition) is 1. The molecule has 0 saturated heterocycles. The smallest absolute Gasteiger partial charge is 0.251 e. The molecule has 1 aromatic rings. The van der Waals surface area contributed by atoms with Crippen molar-refractivity contribution in [2.24, 2.45) is 0 Å². The molecular weight excluding hydrogens is 326 g/mol. The SMILES string of the molecule is Cc1cc(C(=O)NC2(CBr)CCCCC2)ccc1Cl. The van der Waals surface area contributed by atoms with Crippen LogP contribution in [0.15, 0.2) is 18.2 Å². The van der Waals surface area contributed by atoms with Crippen LogP contribution < -0.4 is 5.32 Å². The number of rotatable bonds is 3. The second kappa shape index (κ2) is 6.27. The lowest BCUT2D eigenvalue weighted by Gasteiger charge is -2.36. The zero-order valence-electron chi connectivity index (χ0n) is 11.1. The molecule has 2 nitrogen and oxygen atoms in total. The zero-order chi connectivity index (χ0) is 13.9. The van der Waals surface area contributed by atoms with Crippen LogP contribution in [0.3, 0.4) is 0 Å². The maximum absolute atomic E-state index is 12.4. The number of nitrogens with one attached hydrogen (secondary N) is 1. The zero-order valence-corrected chi connectivity index (χ0v) is 13.5. The Labute approximate surface area is 128 Å². The molecule has 0 heterocycles. The summed E-state index contributed by atoms with van der Waals surface area (Å²) in [5.74, 6) is 0.00103. The second-order valence-corrected chi connectivity index (χ2v) is 6.36. The van der Waals surface area contributed by atoms with Gasteiger partial charge in [-0.1, -0.05) is 46.8 Å². The summed E-state index contributed by atoms with van der Waals surface area (Å²) in [6.07, 6.45) is 5.74. The molecule has 0 aromatic heterocycles. The number of carbonyl (C=O) groups is 1. The average molecular weight is 345 g/mol. The van der Waals surface area contributed by atoms with Gasteiger partial charge in [-0.05, 0) is 43.5 Å². The molecule has 1 saturated carbocycles. The topological polar surface area (TPSA) is 29.1 Å². The van der Waals surface area contributed by atoms with Crippen LogP contribution in [0.4, 0.5) is 0 Å². The Morgan fingerprint density at radius 2 is 2.05 bits per heavy atom. The molecule has 4 heteroatoms. The van der Waals surface area contributed by atoms with Gasteiger partial charge in [-0.2, -0.15) is 0 Å². The molecule has 0 unspecified atom stereocenters. The summed E-state index contributed by atoms with van der Waals surface area (Å²) in [4.78, 5) is 12.4. The molecule has 19 heavy (non-hydrogen) atoms. The first-order chi connectivity index (χ1) is 9.06. The van der Waals surface area contributed by atoms with Crippen molar-refractivity contribution in [1.82, 2.24) is 5.32 Å². The summed E-state index contributed by atoms with van der Waals surface area (Å²) < 4.78 is 0. The Kier molecular flexibility index (Phi) is 4.91. The predicted octanol–water partition coefficient (Wildman–Crippen LogP) is 4.48. The van der Waals surface area contributed by atoms with Crippen LogP contribution in [0.1, 0.15) is 48.0 Å². The van der Waals surface area contributed by atoms with Crippen molar-refractivity contribution in [3.8, 4) is 0 Å². The first-order valence-corrected chi connectivity index (χ1v) is 8.21. The lowest BCUT2D eigenvalue weighted by molar-refractivity contribution is 0.0886. The van der Waals surface area contributed by atoms with E-state index in [-0.39, 0.29) is 11.4 Å². The van der Waals surface area contributed by atoms with E-state index in [1.807, 2.05) is 13.0 Å². The minimum Gasteiger partial charge on any atom is -0.346 e. The summed E-state index contributed by atoms with van der Waals surface area (Å²) in [5, 5.41) is 4.73. The fourth-order valence-corrected chi connectivity index (χ4v) is 3.44. The van der Waals surface area contributed by atoms with Gasteiger partial charge < -0.3 is 5.32 Å². The van der Waals surface area contributed by atoms with Gasteiger partial charge in [0.25, 0.3) is 5.91 Å². The minimum atomic E-state index is -0.0805. The molecule has 1 amide bonds. The van der Waals surface area contributed by atoms with E-state index in [0.29, 0.717) is 10.6 Å². The second-order valence-electron chi connectivity index (χ2n) is 5.39. The molecule has 1 aromatic carbocycles. The van der Waals surface area contributed by atoms with Gasteiger partial charge in [0.15, 0.2) is 0 Å². The largest absolute Gasteiger partial charge is 0.346 e. The van der Waals surface area contributed by atoms with Gasteiger partial charge in [-0.15, -0.1) is 0 Å². The van der Waals surface area contributed by atoms with Crippen LogP contribution in [0.2, 0.25) is 5.02 Å². The molecule has 0 aliphatic heterocycles. The van der Waals surface area contributed by atoms with Gasteiger partial charge in [-0.3, -0.25) is 4.79 Å². The summed E-state index contributed by atoms with van der Waals surface area (Å²) in [6, 6.07) is 5.42.